The maximum atomic E-state index is 14.4. The van der Waals surface area contributed by atoms with E-state index in [-0.39, 0.29) is 28.5 Å². The lowest BCUT2D eigenvalue weighted by molar-refractivity contribution is -0.291. The SMILES string of the molecule is COc1nc(C)nc(CF)c1Cn1cnc(C(F)(F)C(F)(F)F)c(Oc2cc(C(F)F)cc(C#N)c2C)c1=O. The number of rotatable bonds is 8. The van der Waals surface area contributed by atoms with Crippen molar-refractivity contribution in [2.24, 2.45) is 0 Å². The molecule has 0 aliphatic heterocycles. The van der Waals surface area contributed by atoms with Crippen LogP contribution in [-0.4, -0.2) is 32.8 Å². The van der Waals surface area contributed by atoms with Crippen LogP contribution in [0.1, 0.15) is 45.9 Å². The second-order valence-electron chi connectivity index (χ2n) is 7.97. The smallest absolute Gasteiger partial charge is 0.459 e. The molecule has 0 fully saturated rings. The van der Waals surface area contributed by atoms with E-state index < -0.39 is 65.6 Å². The fraction of sp³-hybridized carbons (Fsp3) is 0.348. The molecular formula is C23H17F8N5O3. The highest BCUT2D eigenvalue weighted by atomic mass is 19.4. The summed E-state index contributed by atoms with van der Waals surface area (Å²) in [6.07, 6.45) is -9.08. The molecule has 0 N–H and O–H groups in total. The van der Waals surface area contributed by atoms with Gasteiger partial charge in [-0.25, -0.2) is 23.1 Å². The molecule has 39 heavy (non-hydrogen) atoms. The molecule has 8 nitrogen and oxygen atoms in total. The predicted octanol–water partition coefficient (Wildman–Crippen LogP) is 5.43. The average Bonchev–Trinajstić information content (AvgIpc) is 2.86. The summed E-state index contributed by atoms with van der Waals surface area (Å²) in [5, 5.41) is 9.24. The first-order valence-corrected chi connectivity index (χ1v) is 10.7. The molecule has 3 rings (SSSR count). The highest BCUT2D eigenvalue weighted by Crippen LogP contribution is 2.46. The number of nitrogens with zero attached hydrogens (tertiary/aromatic N) is 5. The van der Waals surface area contributed by atoms with Gasteiger partial charge in [0, 0.05) is 11.1 Å². The number of halogens is 8. The van der Waals surface area contributed by atoms with E-state index in [1.54, 1.807) is 6.07 Å². The number of nitriles is 1. The largest absolute Gasteiger partial charge is 0.481 e. The number of hydrogen-bond acceptors (Lipinski definition) is 7. The van der Waals surface area contributed by atoms with Crippen molar-refractivity contribution in [2.75, 3.05) is 7.11 Å². The molecule has 0 unspecified atom stereocenters. The van der Waals surface area contributed by atoms with Gasteiger partial charge in [-0.1, -0.05) is 0 Å². The van der Waals surface area contributed by atoms with Gasteiger partial charge in [0.15, 0.2) is 5.69 Å². The maximum Gasteiger partial charge on any atom is 0.459 e. The summed E-state index contributed by atoms with van der Waals surface area (Å²) in [6, 6.07) is 2.92. The molecule has 0 spiro atoms. The van der Waals surface area contributed by atoms with Crippen LogP contribution in [0.5, 0.6) is 17.4 Å². The van der Waals surface area contributed by atoms with Crippen LogP contribution in [0.4, 0.5) is 35.1 Å². The molecule has 2 heterocycles. The van der Waals surface area contributed by atoms with Crippen molar-refractivity contribution in [3.63, 3.8) is 0 Å². The van der Waals surface area contributed by atoms with Crippen LogP contribution < -0.4 is 15.0 Å². The summed E-state index contributed by atoms with van der Waals surface area (Å²) >= 11 is 0. The Morgan fingerprint density at radius 2 is 1.79 bits per heavy atom. The third-order valence-electron chi connectivity index (χ3n) is 5.43. The molecule has 0 atom stereocenters. The molecule has 2 aromatic heterocycles. The Hall–Kier alpha value is -4.29. The minimum Gasteiger partial charge on any atom is -0.481 e. The Morgan fingerprint density at radius 3 is 2.33 bits per heavy atom. The Kier molecular flexibility index (Phi) is 8.13. The first-order valence-electron chi connectivity index (χ1n) is 10.7. The molecule has 16 heteroatoms. The van der Waals surface area contributed by atoms with E-state index in [1.165, 1.54) is 6.92 Å². The fourth-order valence-electron chi connectivity index (χ4n) is 3.43. The molecule has 0 saturated carbocycles. The third-order valence-corrected chi connectivity index (χ3v) is 5.43. The first kappa shape index (κ1) is 29.3. The molecule has 0 radical (unpaired) electrons. The van der Waals surface area contributed by atoms with Crippen LogP contribution >= 0.6 is 0 Å². The quantitative estimate of drug-likeness (QED) is 0.337. The first-order chi connectivity index (χ1) is 18.2. The van der Waals surface area contributed by atoms with Crippen molar-refractivity contribution in [3.8, 4) is 23.4 Å². The minimum absolute atomic E-state index is 0.0839. The van der Waals surface area contributed by atoms with Crippen molar-refractivity contribution in [1.29, 1.82) is 5.26 Å². The lowest BCUT2D eigenvalue weighted by Crippen LogP contribution is -2.37. The number of ether oxygens (including phenoxy) is 2. The number of aromatic nitrogens is 4. The fourth-order valence-corrected chi connectivity index (χ4v) is 3.43. The van der Waals surface area contributed by atoms with E-state index >= 15 is 0 Å². The molecular weight excluding hydrogens is 546 g/mol. The van der Waals surface area contributed by atoms with Gasteiger partial charge in [-0.2, -0.15) is 32.2 Å². The summed E-state index contributed by atoms with van der Waals surface area (Å²) in [6.45, 7) is 0.662. The highest BCUT2D eigenvalue weighted by molar-refractivity contribution is 5.51. The van der Waals surface area contributed by atoms with Crippen LogP contribution in [-0.2, 0) is 19.1 Å². The predicted molar refractivity (Wildman–Crippen MR) is 117 cm³/mol. The van der Waals surface area contributed by atoms with Crippen LogP contribution in [0.25, 0.3) is 0 Å². The van der Waals surface area contributed by atoms with Gasteiger partial charge in [0.05, 0.1) is 42.9 Å². The van der Waals surface area contributed by atoms with E-state index in [1.807, 2.05) is 0 Å². The normalized spacial score (nSPS) is 12.0. The van der Waals surface area contributed by atoms with Crippen LogP contribution in [0.2, 0.25) is 0 Å². The van der Waals surface area contributed by atoms with Crippen molar-refractivity contribution < 1.29 is 44.6 Å². The molecule has 0 aliphatic rings. The maximum absolute atomic E-state index is 14.4. The Morgan fingerprint density at radius 1 is 1.13 bits per heavy atom. The van der Waals surface area contributed by atoms with Crippen molar-refractivity contribution in [1.82, 2.24) is 19.5 Å². The van der Waals surface area contributed by atoms with Gasteiger partial charge in [-0.3, -0.25) is 9.36 Å². The highest BCUT2D eigenvalue weighted by Gasteiger charge is 2.62. The van der Waals surface area contributed by atoms with Gasteiger partial charge >= 0.3 is 12.1 Å². The number of hydrogen-bond donors (Lipinski definition) is 0. The topological polar surface area (TPSA) is 103 Å². The zero-order valence-electron chi connectivity index (χ0n) is 20.2. The molecule has 0 amide bonds. The standard InChI is InChI=1S/C23H17F8N5O3/c1-10-13(7-32)4-12(19(25)26)5-16(10)39-17-18(22(27,28)23(29,30)31)33-9-36(21(17)37)8-14-15(6-24)34-11(2)35-20(14)38-3/h4-5,9,19H,6,8H2,1-3H3. The van der Waals surface area contributed by atoms with E-state index in [2.05, 4.69) is 15.0 Å². The van der Waals surface area contributed by atoms with Crippen LogP contribution in [0, 0.1) is 25.2 Å². The molecule has 0 saturated heterocycles. The second kappa shape index (κ2) is 10.8. The van der Waals surface area contributed by atoms with Gasteiger partial charge in [0.1, 0.15) is 18.2 Å². The molecule has 208 valence electrons. The lowest BCUT2D eigenvalue weighted by Gasteiger charge is -2.22. The summed E-state index contributed by atoms with van der Waals surface area (Å²) in [5.41, 5.74) is -5.66. The summed E-state index contributed by atoms with van der Waals surface area (Å²) < 4.78 is 120. The average molecular weight is 563 g/mol. The third kappa shape index (κ3) is 5.61. The number of aryl methyl sites for hydroxylation is 1. The second-order valence-corrected chi connectivity index (χ2v) is 7.97. The Labute approximate surface area is 214 Å². The van der Waals surface area contributed by atoms with E-state index in [0.717, 1.165) is 20.1 Å². The van der Waals surface area contributed by atoms with Gasteiger partial charge in [0.2, 0.25) is 11.6 Å². The summed E-state index contributed by atoms with van der Waals surface area (Å²) in [4.78, 5) is 24.1. The van der Waals surface area contributed by atoms with Crippen LogP contribution in [0.3, 0.4) is 0 Å². The van der Waals surface area contributed by atoms with Crippen molar-refractivity contribution in [3.05, 3.63) is 68.3 Å². The monoisotopic (exact) mass is 563 g/mol. The van der Waals surface area contributed by atoms with Gasteiger partial charge in [-0.05, 0) is 26.0 Å². The van der Waals surface area contributed by atoms with E-state index in [0.29, 0.717) is 17.0 Å². The molecule has 1 aromatic carbocycles. The zero-order valence-corrected chi connectivity index (χ0v) is 20.2. The molecule has 0 bridgehead atoms. The van der Waals surface area contributed by atoms with E-state index in [9.17, 15) is 45.2 Å². The van der Waals surface area contributed by atoms with E-state index in [4.69, 9.17) is 9.47 Å². The van der Waals surface area contributed by atoms with Crippen molar-refractivity contribution in [2.45, 2.75) is 45.6 Å². The van der Waals surface area contributed by atoms with Gasteiger partial charge in [0.25, 0.3) is 12.0 Å². The zero-order chi connectivity index (χ0) is 29.3. The van der Waals surface area contributed by atoms with Crippen LogP contribution in [0.15, 0.2) is 23.3 Å². The summed E-state index contributed by atoms with van der Waals surface area (Å²) in [7, 11) is 1.15. The minimum atomic E-state index is -6.23. The Bertz CT molecular complexity index is 1470. The number of benzene rings is 1. The Balaban J connectivity index is 2.29. The van der Waals surface area contributed by atoms with Gasteiger partial charge in [-0.15, -0.1) is 0 Å². The molecule has 0 aliphatic carbocycles. The lowest BCUT2D eigenvalue weighted by atomic mass is 10.0. The van der Waals surface area contributed by atoms with Crippen molar-refractivity contribution >= 4 is 0 Å². The summed E-state index contributed by atoms with van der Waals surface area (Å²) in [5.74, 6) is -8.27. The number of methoxy groups -OCH3 is 1. The molecule has 3 aromatic rings. The number of alkyl halides is 8. The van der Waals surface area contributed by atoms with Gasteiger partial charge < -0.3 is 9.47 Å².